The first-order chi connectivity index (χ1) is 17.5. The van der Waals surface area contributed by atoms with Crippen molar-refractivity contribution in [2.45, 2.75) is 58.0 Å². The van der Waals surface area contributed by atoms with Gasteiger partial charge in [0.25, 0.3) is 0 Å². The first-order valence-electron chi connectivity index (χ1n) is 11.8. The maximum Gasteiger partial charge on any atom is 0.407 e. The van der Waals surface area contributed by atoms with Crippen molar-refractivity contribution in [1.29, 1.82) is 0 Å². The number of benzene rings is 2. The van der Waals surface area contributed by atoms with Gasteiger partial charge in [-0.25, -0.2) is 14.4 Å². The van der Waals surface area contributed by atoms with Crippen LogP contribution >= 0.6 is 0 Å². The van der Waals surface area contributed by atoms with Gasteiger partial charge in [0.2, 0.25) is 5.91 Å². The van der Waals surface area contributed by atoms with E-state index in [4.69, 9.17) is 14.2 Å². The number of rotatable bonds is 11. The second-order valence-corrected chi connectivity index (χ2v) is 9.35. The summed E-state index contributed by atoms with van der Waals surface area (Å²) < 4.78 is 15.2. The molecule has 0 radical (unpaired) electrons. The predicted molar refractivity (Wildman–Crippen MR) is 135 cm³/mol. The van der Waals surface area contributed by atoms with E-state index in [1.807, 2.05) is 18.2 Å². The summed E-state index contributed by atoms with van der Waals surface area (Å²) in [4.78, 5) is 48.6. The molecule has 200 valence electrons. The van der Waals surface area contributed by atoms with Crippen LogP contribution in [0.2, 0.25) is 0 Å². The van der Waals surface area contributed by atoms with Gasteiger partial charge in [0.15, 0.2) is 0 Å². The van der Waals surface area contributed by atoms with Crippen molar-refractivity contribution in [1.82, 2.24) is 10.6 Å². The lowest BCUT2D eigenvalue weighted by Crippen LogP contribution is -2.45. The minimum atomic E-state index is -1.20. The Hall–Kier alpha value is -3.92. The average molecular weight is 515 g/mol. The first kappa shape index (κ1) is 29.3. The zero-order chi connectivity index (χ0) is 27.4. The van der Waals surface area contributed by atoms with Crippen LogP contribution in [-0.4, -0.2) is 60.4 Å². The molecule has 2 aromatic carbocycles. The largest absolute Gasteiger partial charge is 0.467 e. The Morgan fingerprint density at radius 2 is 1.59 bits per heavy atom. The summed E-state index contributed by atoms with van der Waals surface area (Å²) in [6.07, 6.45) is -2.18. The van der Waals surface area contributed by atoms with E-state index in [1.165, 1.54) is 7.11 Å². The number of ether oxygens (including phenoxy) is 3. The summed E-state index contributed by atoms with van der Waals surface area (Å²) in [5.74, 6) is -1.74. The molecular formula is C27H34N2O8. The molecule has 37 heavy (non-hydrogen) atoms. The molecule has 0 unspecified atom stereocenters. The standard InChI is InChI=1S/C27H34N2O8/c1-27(2,3)37-24(32)20-12-10-18(11-13-20)14-22(25(33)35-4)29-23(31)15-21(30)16-28-26(34)36-17-19-8-6-5-7-9-19/h5-13,21-22,30H,14-17H2,1-4H3,(H,28,34)(H,29,31)/t21-,22-/m0/s1. The maximum atomic E-state index is 12.4. The van der Waals surface area contributed by atoms with Gasteiger partial charge < -0.3 is 30.0 Å². The molecule has 0 aliphatic carbocycles. The summed E-state index contributed by atoms with van der Waals surface area (Å²) >= 11 is 0. The predicted octanol–water partition coefficient (Wildman–Crippen LogP) is 2.52. The Kier molecular flexibility index (Phi) is 11.1. The van der Waals surface area contributed by atoms with Gasteiger partial charge in [-0.3, -0.25) is 4.79 Å². The molecule has 10 nitrogen and oxygen atoms in total. The van der Waals surface area contributed by atoms with E-state index < -0.39 is 41.7 Å². The van der Waals surface area contributed by atoms with Crippen molar-refractivity contribution in [3.8, 4) is 0 Å². The fraction of sp³-hybridized carbons (Fsp3) is 0.407. The normalized spacial score (nSPS) is 12.6. The first-order valence-corrected chi connectivity index (χ1v) is 11.8. The average Bonchev–Trinajstić information content (AvgIpc) is 2.85. The van der Waals surface area contributed by atoms with Crippen molar-refractivity contribution in [2.75, 3.05) is 13.7 Å². The molecule has 3 N–H and O–H groups in total. The Morgan fingerprint density at radius 3 is 2.19 bits per heavy atom. The Labute approximate surface area is 216 Å². The van der Waals surface area contributed by atoms with Crippen molar-refractivity contribution in [3.05, 3.63) is 71.3 Å². The lowest BCUT2D eigenvalue weighted by Gasteiger charge is -2.20. The van der Waals surface area contributed by atoms with Crippen molar-refractivity contribution in [2.24, 2.45) is 0 Å². The van der Waals surface area contributed by atoms with Crippen molar-refractivity contribution >= 4 is 23.9 Å². The summed E-state index contributed by atoms with van der Waals surface area (Å²) in [6, 6.07) is 14.5. The Morgan fingerprint density at radius 1 is 0.946 bits per heavy atom. The molecule has 0 aliphatic heterocycles. The van der Waals surface area contributed by atoms with E-state index in [0.717, 1.165) is 5.56 Å². The fourth-order valence-electron chi connectivity index (χ4n) is 3.20. The number of carbonyl (C=O) groups is 4. The minimum Gasteiger partial charge on any atom is -0.467 e. The van der Waals surface area contributed by atoms with Gasteiger partial charge in [0.1, 0.15) is 18.2 Å². The van der Waals surface area contributed by atoms with Crippen LogP contribution in [0.5, 0.6) is 0 Å². The van der Waals surface area contributed by atoms with Crippen LogP contribution in [0.1, 0.15) is 48.7 Å². The zero-order valence-electron chi connectivity index (χ0n) is 21.5. The number of alkyl carbamates (subject to hydrolysis) is 1. The van der Waals surface area contributed by atoms with E-state index in [9.17, 15) is 24.3 Å². The number of amides is 2. The summed E-state index contributed by atoms with van der Waals surface area (Å²) in [5.41, 5.74) is 1.21. The lowest BCUT2D eigenvalue weighted by atomic mass is 10.0. The Bertz CT molecular complexity index is 1050. The van der Waals surface area contributed by atoms with Gasteiger partial charge in [-0.05, 0) is 44.0 Å². The van der Waals surface area contributed by atoms with Gasteiger partial charge in [-0.15, -0.1) is 0 Å². The van der Waals surface area contributed by atoms with Gasteiger partial charge in [0, 0.05) is 13.0 Å². The topological polar surface area (TPSA) is 140 Å². The molecule has 0 fully saturated rings. The molecule has 10 heteroatoms. The van der Waals surface area contributed by atoms with Gasteiger partial charge in [-0.1, -0.05) is 42.5 Å². The van der Waals surface area contributed by atoms with Crippen LogP contribution in [0.15, 0.2) is 54.6 Å². The summed E-state index contributed by atoms with van der Waals surface area (Å²) in [7, 11) is 1.20. The number of hydrogen-bond acceptors (Lipinski definition) is 8. The van der Waals surface area contributed by atoms with Crippen molar-refractivity contribution in [3.63, 3.8) is 0 Å². The number of methoxy groups -OCH3 is 1. The molecular weight excluding hydrogens is 480 g/mol. The van der Waals surface area contributed by atoms with Crippen LogP contribution in [0, 0.1) is 0 Å². The molecule has 2 rings (SSSR count). The van der Waals surface area contributed by atoms with Crippen LogP contribution < -0.4 is 10.6 Å². The Balaban J connectivity index is 1.84. The lowest BCUT2D eigenvalue weighted by molar-refractivity contribution is -0.145. The third-order valence-electron chi connectivity index (χ3n) is 4.97. The van der Waals surface area contributed by atoms with Crippen LogP contribution in [0.4, 0.5) is 4.79 Å². The molecule has 2 amide bonds. The molecule has 0 aromatic heterocycles. The second-order valence-electron chi connectivity index (χ2n) is 9.35. The molecule has 0 spiro atoms. The molecule has 0 heterocycles. The molecule has 2 atom stereocenters. The molecule has 2 aromatic rings. The van der Waals surface area contributed by atoms with Crippen molar-refractivity contribution < 1.29 is 38.5 Å². The van der Waals surface area contributed by atoms with Crippen LogP contribution in [-0.2, 0) is 36.8 Å². The van der Waals surface area contributed by atoms with Crippen LogP contribution in [0.25, 0.3) is 0 Å². The highest BCUT2D eigenvalue weighted by Gasteiger charge is 2.24. The van der Waals surface area contributed by atoms with Crippen LogP contribution in [0.3, 0.4) is 0 Å². The van der Waals surface area contributed by atoms with Gasteiger partial charge in [0.05, 0.1) is 25.2 Å². The molecule has 0 saturated heterocycles. The summed E-state index contributed by atoms with van der Waals surface area (Å²) in [6.45, 7) is 5.17. The third kappa shape index (κ3) is 11.1. The molecule has 0 bridgehead atoms. The fourth-order valence-corrected chi connectivity index (χ4v) is 3.20. The second kappa shape index (κ2) is 14.0. The SMILES string of the molecule is COC(=O)[C@H](Cc1ccc(C(=O)OC(C)(C)C)cc1)NC(=O)C[C@H](O)CNC(=O)OCc1ccccc1. The highest BCUT2D eigenvalue weighted by Crippen LogP contribution is 2.14. The molecule has 0 aliphatic rings. The highest BCUT2D eigenvalue weighted by atomic mass is 16.6. The number of esters is 2. The quantitative estimate of drug-likeness (QED) is 0.307. The smallest absolute Gasteiger partial charge is 0.407 e. The van der Waals surface area contributed by atoms with Gasteiger partial charge in [-0.2, -0.15) is 0 Å². The zero-order valence-corrected chi connectivity index (χ0v) is 21.5. The summed E-state index contributed by atoms with van der Waals surface area (Å²) in [5, 5.41) is 15.1. The van der Waals surface area contributed by atoms with E-state index in [0.29, 0.717) is 11.1 Å². The third-order valence-corrected chi connectivity index (χ3v) is 4.97. The van der Waals surface area contributed by atoms with E-state index in [2.05, 4.69) is 10.6 Å². The highest BCUT2D eigenvalue weighted by molar-refractivity contribution is 5.89. The number of nitrogens with one attached hydrogen (secondary N) is 2. The number of hydrogen-bond donors (Lipinski definition) is 3. The van der Waals surface area contributed by atoms with Gasteiger partial charge >= 0.3 is 18.0 Å². The minimum absolute atomic E-state index is 0.0722. The number of aliphatic hydroxyl groups is 1. The number of carbonyl (C=O) groups excluding carboxylic acids is 4. The number of aliphatic hydroxyl groups excluding tert-OH is 1. The van der Waals surface area contributed by atoms with E-state index in [-0.39, 0.29) is 26.0 Å². The maximum absolute atomic E-state index is 12.4. The van der Waals surface area contributed by atoms with E-state index in [1.54, 1.807) is 57.2 Å². The monoisotopic (exact) mass is 514 g/mol. The van der Waals surface area contributed by atoms with E-state index >= 15 is 0 Å². The molecule has 0 saturated carbocycles.